The molecule has 0 fully saturated rings. The van der Waals surface area contributed by atoms with Gasteiger partial charge in [0.05, 0.1) is 6.10 Å². The average Bonchev–Trinajstić information content (AvgIpc) is 2.23. The van der Waals surface area contributed by atoms with Crippen LogP contribution in [0.1, 0.15) is 18.4 Å². The Morgan fingerprint density at radius 2 is 2.13 bits per heavy atom. The molecule has 0 aromatic heterocycles. The number of alkyl halides is 1. The summed E-state index contributed by atoms with van der Waals surface area (Å²) in [4.78, 5) is 0. The van der Waals surface area contributed by atoms with Gasteiger partial charge in [0.15, 0.2) is 0 Å². The van der Waals surface area contributed by atoms with Crippen LogP contribution >= 0.6 is 11.6 Å². The first kappa shape index (κ1) is 12.3. The van der Waals surface area contributed by atoms with E-state index in [1.165, 1.54) is 18.2 Å². The van der Waals surface area contributed by atoms with Gasteiger partial charge in [0.25, 0.3) is 0 Å². The molecule has 1 aromatic carbocycles. The van der Waals surface area contributed by atoms with E-state index in [9.17, 15) is 14.6 Å². The molecule has 0 aliphatic carbocycles. The molecule has 0 aliphatic rings. The van der Waals surface area contributed by atoms with Gasteiger partial charge in [-0.3, -0.25) is 0 Å². The van der Waals surface area contributed by atoms with Crippen molar-refractivity contribution < 1.29 is 14.6 Å². The van der Waals surface area contributed by atoms with Crippen molar-refractivity contribution in [2.75, 3.05) is 5.88 Å². The summed E-state index contributed by atoms with van der Waals surface area (Å²) in [5, 5.41) is 18.6. The Bertz CT molecular complexity index is 317. The van der Waals surface area contributed by atoms with Crippen LogP contribution in [0, 0.1) is 5.82 Å². The van der Waals surface area contributed by atoms with Crippen molar-refractivity contribution in [3.8, 4) is 5.75 Å². The molecular weight excluding hydrogens is 219 g/mol. The maximum Gasteiger partial charge on any atom is 0.123 e. The molecule has 0 aliphatic heterocycles. The maximum atomic E-state index is 12.8. The predicted molar refractivity (Wildman–Crippen MR) is 57.7 cm³/mol. The minimum absolute atomic E-state index is 0.0942. The molecule has 2 N–H and O–H groups in total. The van der Waals surface area contributed by atoms with E-state index in [4.69, 9.17) is 11.6 Å². The standard InChI is InChI=1S/C11H14ClFO2/c12-7-10(14)3-1-2-8-6-9(13)4-5-11(8)15/h4-6,10,14-15H,1-3,7H2. The second kappa shape index (κ2) is 5.93. The zero-order valence-corrected chi connectivity index (χ0v) is 9.04. The number of phenols is 1. The second-order valence-corrected chi connectivity index (χ2v) is 3.78. The monoisotopic (exact) mass is 232 g/mol. The highest BCUT2D eigenvalue weighted by Crippen LogP contribution is 2.20. The average molecular weight is 233 g/mol. The zero-order valence-electron chi connectivity index (χ0n) is 8.29. The minimum atomic E-state index is -0.526. The number of aliphatic hydroxyl groups excluding tert-OH is 1. The van der Waals surface area contributed by atoms with E-state index in [1.807, 2.05) is 0 Å². The summed E-state index contributed by atoms with van der Waals surface area (Å²) >= 11 is 5.43. The molecule has 0 bridgehead atoms. The van der Waals surface area contributed by atoms with Gasteiger partial charge < -0.3 is 10.2 Å². The highest BCUT2D eigenvalue weighted by atomic mass is 35.5. The molecule has 0 radical (unpaired) electrons. The van der Waals surface area contributed by atoms with Gasteiger partial charge in [-0.1, -0.05) is 0 Å². The van der Waals surface area contributed by atoms with Gasteiger partial charge >= 0.3 is 0 Å². The number of hydrogen-bond donors (Lipinski definition) is 2. The number of rotatable bonds is 5. The first-order valence-corrected chi connectivity index (χ1v) is 5.38. The third-order valence-electron chi connectivity index (χ3n) is 2.20. The third kappa shape index (κ3) is 4.06. The highest BCUT2D eigenvalue weighted by Gasteiger charge is 2.05. The largest absolute Gasteiger partial charge is 0.508 e. The molecule has 1 aromatic rings. The van der Waals surface area contributed by atoms with Crippen LogP contribution < -0.4 is 0 Å². The number of hydrogen-bond acceptors (Lipinski definition) is 2. The normalized spacial score (nSPS) is 12.7. The number of benzene rings is 1. The lowest BCUT2D eigenvalue weighted by atomic mass is 10.1. The number of aliphatic hydroxyl groups is 1. The summed E-state index contributed by atoms with van der Waals surface area (Å²) in [6, 6.07) is 3.86. The van der Waals surface area contributed by atoms with Gasteiger partial charge in [-0.15, -0.1) is 11.6 Å². The van der Waals surface area contributed by atoms with Crippen molar-refractivity contribution in [3.63, 3.8) is 0 Å². The molecular formula is C11H14ClFO2. The molecule has 0 saturated carbocycles. The van der Waals surface area contributed by atoms with Gasteiger partial charge in [-0.25, -0.2) is 4.39 Å². The fourth-order valence-corrected chi connectivity index (χ4v) is 1.51. The van der Waals surface area contributed by atoms with Crippen molar-refractivity contribution >= 4 is 11.6 Å². The number of aromatic hydroxyl groups is 1. The van der Waals surface area contributed by atoms with Crippen LogP contribution in [0.3, 0.4) is 0 Å². The predicted octanol–water partition coefficient (Wildman–Crippen LogP) is 2.45. The number of phenolic OH excluding ortho intramolecular Hbond substituents is 1. The smallest absolute Gasteiger partial charge is 0.123 e. The molecule has 2 nitrogen and oxygen atoms in total. The topological polar surface area (TPSA) is 40.5 Å². The van der Waals surface area contributed by atoms with E-state index in [0.29, 0.717) is 24.8 Å². The van der Waals surface area contributed by atoms with Gasteiger partial charge in [0.2, 0.25) is 0 Å². The Kier molecular flexibility index (Phi) is 4.85. The second-order valence-electron chi connectivity index (χ2n) is 3.47. The number of aryl methyl sites for hydroxylation is 1. The van der Waals surface area contributed by atoms with E-state index >= 15 is 0 Å². The van der Waals surface area contributed by atoms with Crippen molar-refractivity contribution in [3.05, 3.63) is 29.6 Å². The molecule has 1 atom stereocenters. The summed E-state index contributed by atoms with van der Waals surface area (Å²) in [6.45, 7) is 0. The van der Waals surface area contributed by atoms with E-state index < -0.39 is 6.10 Å². The van der Waals surface area contributed by atoms with Crippen LogP contribution in [-0.4, -0.2) is 22.2 Å². The maximum absolute atomic E-state index is 12.8. The molecule has 4 heteroatoms. The fourth-order valence-electron chi connectivity index (χ4n) is 1.36. The van der Waals surface area contributed by atoms with E-state index in [1.54, 1.807) is 0 Å². The summed E-state index contributed by atoms with van der Waals surface area (Å²) in [5.41, 5.74) is 0.566. The van der Waals surface area contributed by atoms with E-state index in [2.05, 4.69) is 0 Å². The van der Waals surface area contributed by atoms with Crippen LogP contribution in [0.4, 0.5) is 4.39 Å². The summed E-state index contributed by atoms with van der Waals surface area (Å²) in [6.07, 6.45) is 1.24. The molecule has 0 amide bonds. The van der Waals surface area contributed by atoms with Crippen molar-refractivity contribution in [1.29, 1.82) is 0 Å². The van der Waals surface area contributed by atoms with Crippen LogP contribution in [0.2, 0.25) is 0 Å². The molecule has 0 saturated heterocycles. The quantitative estimate of drug-likeness (QED) is 0.766. The molecule has 15 heavy (non-hydrogen) atoms. The molecule has 1 rings (SSSR count). The minimum Gasteiger partial charge on any atom is -0.508 e. The first-order chi connectivity index (χ1) is 7.13. The summed E-state index contributed by atoms with van der Waals surface area (Å²) in [7, 11) is 0. The van der Waals surface area contributed by atoms with Crippen LogP contribution in [0.25, 0.3) is 0 Å². The molecule has 1 unspecified atom stereocenters. The Hall–Kier alpha value is -0.800. The molecule has 0 heterocycles. The Balaban J connectivity index is 2.46. The lowest BCUT2D eigenvalue weighted by Crippen LogP contribution is -2.08. The molecule has 0 spiro atoms. The molecule has 84 valence electrons. The van der Waals surface area contributed by atoms with Crippen LogP contribution in [-0.2, 0) is 6.42 Å². The SMILES string of the molecule is Oc1ccc(F)cc1CCCC(O)CCl. The van der Waals surface area contributed by atoms with Gasteiger partial charge in [-0.2, -0.15) is 0 Å². The Morgan fingerprint density at radius 3 is 2.80 bits per heavy atom. The van der Waals surface area contributed by atoms with Crippen LogP contribution in [0.15, 0.2) is 18.2 Å². The zero-order chi connectivity index (χ0) is 11.3. The van der Waals surface area contributed by atoms with Crippen molar-refractivity contribution in [2.24, 2.45) is 0 Å². The Labute approximate surface area is 93.3 Å². The van der Waals surface area contributed by atoms with Gasteiger partial charge in [-0.05, 0) is 43.0 Å². The van der Waals surface area contributed by atoms with Crippen molar-refractivity contribution in [2.45, 2.75) is 25.4 Å². The first-order valence-electron chi connectivity index (χ1n) is 4.85. The third-order valence-corrected chi connectivity index (χ3v) is 2.56. The van der Waals surface area contributed by atoms with E-state index in [-0.39, 0.29) is 17.4 Å². The summed E-state index contributed by atoms with van der Waals surface area (Å²) < 4.78 is 12.8. The van der Waals surface area contributed by atoms with Gasteiger partial charge in [0, 0.05) is 5.88 Å². The highest BCUT2D eigenvalue weighted by molar-refractivity contribution is 6.18. The lowest BCUT2D eigenvalue weighted by Gasteiger charge is -2.07. The Morgan fingerprint density at radius 1 is 1.40 bits per heavy atom. The van der Waals surface area contributed by atoms with Gasteiger partial charge in [0.1, 0.15) is 11.6 Å². The number of halogens is 2. The fraction of sp³-hybridized carbons (Fsp3) is 0.455. The lowest BCUT2D eigenvalue weighted by molar-refractivity contribution is 0.185. The van der Waals surface area contributed by atoms with E-state index in [0.717, 1.165) is 0 Å². The summed E-state index contributed by atoms with van der Waals surface area (Å²) in [5.74, 6) is -0.0627. The van der Waals surface area contributed by atoms with Crippen LogP contribution in [0.5, 0.6) is 5.75 Å². The van der Waals surface area contributed by atoms with Crippen molar-refractivity contribution in [1.82, 2.24) is 0 Å².